The van der Waals surface area contributed by atoms with Crippen LogP contribution < -0.4 is 0 Å². The van der Waals surface area contributed by atoms with Crippen molar-refractivity contribution in [1.82, 2.24) is 15.1 Å². The van der Waals surface area contributed by atoms with Gasteiger partial charge in [-0.25, -0.2) is 0 Å². The summed E-state index contributed by atoms with van der Waals surface area (Å²) in [5, 5.41) is 16.6. The normalized spacial score (nSPS) is 20.7. The van der Waals surface area contributed by atoms with E-state index in [0.29, 0.717) is 29.2 Å². The molecule has 120 valence electrons. The van der Waals surface area contributed by atoms with Crippen LogP contribution in [0, 0.1) is 5.41 Å². The maximum Gasteiger partial charge on any atom is 0.311 e. The molecular formula is C16H16ClN3O3. The number of carboxylic acid groups (broad SMARTS) is 1. The lowest BCUT2D eigenvalue weighted by Gasteiger charge is -2.20. The molecule has 1 aliphatic heterocycles. The molecule has 1 fully saturated rings. The molecule has 0 bridgehead atoms. The number of aliphatic carboxylic acids is 1. The minimum atomic E-state index is -0.893. The largest absolute Gasteiger partial charge is 0.481 e. The summed E-state index contributed by atoms with van der Waals surface area (Å²) in [5.74, 6) is -1.10. The molecule has 1 aliphatic rings. The Bertz CT molecular complexity index is 773. The Morgan fingerprint density at radius 2 is 2.22 bits per heavy atom. The van der Waals surface area contributed by atoms with Crippen LogP contribution in [0.1, 0.15) is 23.7 Å². The average molecular weight is 334 g/mol. The standard InChI is InChI=1S/C16H16ClN3O3/c1-16(15(22)23)5-6-20(9-16)14(21)12-8-18-19-13(12)10-3-2-4-11(17)7-10/h2-4,7-8H,5-6,9H2,1H3,(H,18,19)(H,22,23). The summed E-state index contributed by atoms with van der Waals surface area (Å²) in [6, 6.07) is 7.13. The molecule has 1 unspecified atom stereocenters. The number of amides is 1. The number of rotatable bonds is 3. The van der Waals surface area contributed by atoms with E-state index >= 15 is 0 Å². The fourth-order valence-electron chi connectivity index (χ4n) is 2.79. The van der Waals surface area contributed by atoms with E-state index in [9.17, 15) is 14.7 Å². The highest BCUT2D eigenvalue weighted by molar-refractivity contribution is 6.30. The number of hydrogen-bond donors (Lipinski definition) is 2. The quantitative estimate of drug-likeness (QED) is 0.904. The van der Waals surface area contributed by atoms with Crippen LogP contribution in [-0.2, 0) is 4.79 Å². The van der Waals surface area contributed by atoms with E-state index in [4.69, 9.17) is 11.6 Å². The zero-order valence-corrected chi connectivity index (χ0v) is 13.3. The summed E-state index contributed by atoms with van der Waals surface area (Å²) in [6.45, 7) is 2.28. The van der Waals surface area contributed by atoms with E-state index in [2.05, 4.69) is 10.2 Å². The first-order chi connectivity index (χ1) is 10.9. The summed E-state index contributed by atoms with van der Waals surface area (Å²) in [6.07, 6.45) is 1.91. The van der Waals surface area contributed by atoms with Crippen LogP contribution in [0.15, 0.2) is 30.5 Å². The van der Waals surface area contributed by atoms with E-state index in [-0.39, 0.29) is 12.5 Å². The average Bonchev–Trinajstić information content (AvgIpc) is 3.14. The molecule has 2 N–H and O–H groups in total. The van der Waals surface area contributed by atoms with Crippen molar-refractivity contribution in [3.05, 3.63) is 41.0 Å². The molecule has 2 heterocycles. The van der Waals surface area contributed by atoms with Gasteiger partial charge in [0.2, 0.25) is 0 Å². The highest BCUT2D eigenvalue weighted by atomic mass is 35.5. The Hall–Kier alpha value is -2.34. The SMILES string of the molecule is CC1(C(=O)O)CCN(C(=O)c2cn[nH]c2-c2cccc(Cl)c2)C1. The number of carboxylic acids is 1. The minimum absolute atomic E-state index is 0.196. The highest BCUT2D eigenvalue weighted by Gasteiger charge is 2.42. The molecule has 1 atom stereocenters. The number of carbonyl (C=O) groups excluding carboxylic acids is 1. The van der Waals surface area contributed by atoms with Gasteiger partial charge in [0.05, 0.1) is 22.9 Å². The first-order valence-electron chi connectivity index (χ1n) is 7.23. The van der Waals surface area contributed by atoms with Crippen LogP contribution in [-0.4, -0.2) is 45.2 Å². The number of nitrogens with one attached hydrogen (secondary N) is 1. The van der Waals surface area contributed by atoms with Gasteiger partial charge in [-0.3, -0.25) is 14.7 Å². The number of benzene rings is 1. The van der Waals surface area contributed by atoms with E-state index in [0.717, 1.165) is 5.56 Å². The van der Waals surface area contributed by atoms with Crippen LogP contribution in [0.4, 0.5) is 0 Å². The van der Waals surface area contributed by atoms with Gasteiger partial charge in [-0.1, -0.05) is 23.7 Å². The van der Waals surface area contributed by atoms with Gasteiger partial charge in [-0.05, 0) is 25.5 Å². The molecule has 1 saturated heterocycles. The molecule has 0 saturated carbocycles. The fourth-order valence-corrected chi connectivity index (χ4v) is 2.98. The number of hydrogen-bond acceptors (Lipinski definition) is 3. The van der Waals surface area contributed by atoms with E-state index in [1.807, 2.05) is 6.07 Å². The van der Waals surface area contributed by atoms with Crippen molar-refractivity contribution < 1.29 is 14.7 Å². The lowest BCUT2D eigenvalue weighted by Crippen LogP contribution is -2.34. The Balaban J connectivity index is 1.88. The second-order valence-electron chi connectivity index (χ2n) is 6.01. The third kappa shape index (κ3) is 2.82. The maximum atomic E-state index is 12.7. The maximum absolute atomic E-state index is 12.7. The Morgan fingerprint density at radius 1 is 1.43 bits per heavy atom. The molecule has 0 spiro atoms. The van der Waals surface area contributed by atoms with Crippen LogP contribution in [0.5, 0.6) is 0 Å². The van der Waals surface area contributed by atoms with Crippen molar-refractivity contribution in [3.8, 4) is 11.3 Å². The highest BCUT2D eigenvalue weighted by Crippen LogP contribution is 2.32. The molecule has 1 aromatic heterocycles. The monoisotopic (exact) mass is 333 g/mol. The second kappa shape index (κ2) is 5.70. The van der Waals surface area contributed by atoms with Crippen molar-refractivity contribution in [2.45, 2.75) is 13.3 Å². The number of carbonyl (C=O) groups is 2. The van der Waals surface area contributed by atoms with Crippen LogP contribution >= 0.6 is 11.6 Å². The van der Waals surface area contributed by atoms with Gasteiger partial charge >= 0.3 is 5.97 Å². The van der Waals surface area contributed by atoms with Gasteiger partial charge in [0.15, 0.2) is 0 Å². The van der Waals surface area contributed by atoms with Gasteiger partial charge in [0.25, 0.3) is 5.91 Å². The summed E-state index contributed by atoms with van der Waals surface area (Å²) >= 11 is 6.00. The van der Waals surface area contributed by atoms with E-state index in [1.54, 1.807) is 30.0 Å². The van der Waals surface area contributed by atoms with Gasteiger partial charge in [-0.2, -0.15) is 5.10 Å². The number of nitrogens with zero attached hydrogens (tertiary/aromatic N) is 2. The first kappa shape index (κ1) is 15.6. The second-order valence-corrected chi connectivity index (χ2v) is 6.45. The summed E-state index contributed by atoms with van der Waals surface area (Å²) in [4.78, 5) is 25.6. The molecule has 3 rings (SSSR count). The first-order valence-corrected chi connectivity index (χ1v) is 7.60. The Morgan fingerprint density at radius 3 is 2.87 bits per heavy atom. The predicted molar refractivity (Wildman–Crippen MR) is 85.3 cm³/mol. The van der Waals surface area contributed by atoms with Gasteiger partial charge < -0.3 is 10.0 Å². The Kier molecular flexibility index (Phi) is 3.85. The van der Waals surface area contributed by atoms with Crippen LogP contribution in [0.25, 0.3) is 11.3 Å². The Labute approximate surface area is 138 Å². The minimum Gasteiger partial charge on any atom is -0.481 e. The van der Waals surface area contributed by atoms with Crippen molar-refractivity contribution >= 4 is 23.5 Å². The lowest BCUT2D eigenvalue weighted by molar-refractivity contribution is -0.147. The topological polar surface area (TPSA) is 86.3 Å². The summed E-state index contributed by atoms with van der Waals surface area (Å²) < 4.78 is 0. The van der Waals surface area contributed by atoms with Crippen molar-refractivity contribution in [3.63, 3.8) is 0 Å². The van der Waals surface area contributed by atoms with Gasteiger partial charge in [0, 0.05) is 23.7 Å². The van der Waals surface area contributed by atoms with Crippen LogP contribution in [0.3, 0.4) is 0 Å². The van der Waals surface area contributed by atoms with Crippen molar-refractivity contribution in [2.24, 2.45) is 5.41 Å². The molecule has 7 heteroatoms. The van der Waals surface area contributed by atoms with Crippen molar-refractivity contribution in [1.29, 1.82) is 0 Å². The van der Waals surface area contributed by atoms with E-state index < -0.39 is 11.4 Å². The molecule has 1 amide bonds. The third-order valence-corrected chi connectivity index (χ3v) is 4.49. The van der Waals surface area contributed by atoms with Gasteiger partial charge in [-0.15, -0.1) is 0 Å². The molecular weight excluding hydrogens is 318 g/mol. The zero-order chi connectivity index (χ0) is 16.6. The zero-order valence-electron chi connectivity index (χ0n) is 12.5. The molecule has 23 heavy (non-hydrogen) atoms. The molecule has 1 aromatic carbocycles. The molecule has 6 nitrogen and oxygen atoms in total. The van der Waals surface area contributed by atoms with Gasteiger partial charge in [0.1, 0.15) is 0 Å². The predicted octanol–water partition coefficient (Wildman–Crippen LogP) is 2.67. The number of aromatic nitrogens is 2. The smallest absolute Gasteiger partial charge is 0.311 e. The number of halogens is 1. The number of aromatic amines is 1. The lowest BCUT2D eigenvalue weighted by atomic mass is 9.90. The van der Waals surface area contributed by atoms with E-state index in [1.165, 1.54) is 6.20 Å². The fraction of sp³-hybridized carbons (Fsp3) is 0.312. The van der Waals surface area contributed by atoms with Crippen molar-refractivity contribution in [2.75, 3.05) is 13.1 Å². The molecule has 0 radical (unpaired) electrons. The number of likely N-dealkylation sites (tertiary alicyclic amines) is 1. The molecule has 2 aromatic rings. The summed E-state index contributed by atoms with van der Waals surface area (Å²) in [7, 11) is 0. The summed E-state index contributed by atoms with van der Waals surface area (Å²) in [5.41, 5.74) is 0.872. The number of H-pyrrole nitrogens is 1. The molecule has 0 aliphatic carbocycles. The van der Waals surface area contributed by atoms with Crippen LogP contribution in [0.2, 0.25) is 5.02 Å². The third-order valence-electron chi connectivity index (χ3n) is 4.26.